The van der Waals surface area contributed by atoms with Gasteiger partial charge < -0.3 is 0 Å². The molecule has 3 heteroatoms. The number of rotatable bonds is 6. The highest BCUT2D eigenvalue weighted by molar-refractivity contribution is 5.85. The summed E-state index contributed by atoms with van der Waals surface area (Å²) in [6.07, 6.45) is 0. The summed E-state index contributed by atoms with van der Waals surface area (Å²) in [4.78, 5) is 10.4. The van der Waals surface area contributed by atoms with Crippen LogP contribution >= 0.6 is 0 Å². The highest BCUT2D eigenvalue weighted by atomic mass is 14.9. The van der Waals surface area contributed by atoms with Crippen LogP contribution in [0.15, 0.2) is 176 Å². The molecule has 0 fully saturated rings. The number of nitrogens with zero attached hydrogens (tertiary/aromatic N) is 3. The van der Waals surface area contributed by atoms with Crippen LogP contribution in [0, 0.1) is 11.3 Å². The second kappa shape index (κ2) is 13.0. The molecule has 0 saturated carbocycles. The Morgan fingerprint density at radius 1 is 0.396 bits per heavy atom. The monoisotopic (exact) mass is 677 g/mol. The first kappa shape index (κ1) is 32.0. The molecule has 1 heterocycles. The molecule has 0 bridgehead atoms. The first-order chi connectivity index (χ1) is 25.9. The first-order valence-corrected chi connectivity index (χ1v) is 18.0. The van der Waals surface area contributed by atoms with Gasteiger partial charge in [0, 0.05) is 22.1 Å². The molecule has 53 heavy (non-hydrogen) atoms. The summed E-state index contributed by atoms with van der Waals surface area (Å²) in [5, 5.41) is 9.57. The van der Waals surface area contributed by atoms with Crippen LogP contribution in [0.5, 0.6) is 0 Å². The van der Waals surface area contributed by atoms with E-state index in [1.165, 1.54) is 38.9 Å². The molecule has 0 aliphatic heterocycles. The smallest absolute Gasteiger partial charge is 0.160 e. The van der Waals surface area contributed by atoms with Crippen molar-refractivity contribution in [3.8, 4) is 84.5 Å². The van der Waals surface area contributed by atoms with Gasteiger partial charge >= 0.3 is 0 Å². The predicted molar refractivity (Wildman–Crippen MR) is 217 cm³/mol. The highest BCUT2D eigenvalue weighted by Crippen LogP contribution is 2.50. The van der Waals surface area contributed by atoms with E-state index in [1.54, 1.807) is 0 Å². The fourth-order valence-corrected chi connectivity index (χ4v) is 7.64. The third-order valence-corrected chi connectivity index (χ3v) is 10.6. The molecule has 3 nitrogen and oxygen atoms in total. The second-order valence-electron chi connectivity index (χ2n) is 14.2. The van der Waals surface area contributed by atoms with Crippen molar-refractivity contribution < 1.29 is 0 Å². The Balaban J connectivity index is 1.12. The molecule has 1 aliphatic carbocycles. The Kier molecular flexibility index (Phi) is 7.87. The average molecular weight is 678 g/mol. The van der Waals surface area contributed by atoms with Gasteiger partial charge in [0.25, 0.3) is 0 Å². The number of fused-ring (bicyclic) bond motifs is 3. The molecule has 0 unspecified atom stereocenters. The number of benzene rings is 7. The molecule has 1 aromatic heterocycles. The van der Waals surface area contributed by atoms with Crippen LogP contribution in [0.25, 0.3) is 78.4 Å². The molecular weight excluding hydrogens is 643 g/mol. The van der Waals surface area contributed by atoms with Gasteiger partial charge in [-0.05, 0) is 86.0 Å². The van der Waals surface area contributed by atoms with E-state index in [9.17, 15) is 5.26 Å². The van der Waals surface area contributed by atoms with Crippen molar-refractivity contribution in [1.82, 2.24) is 9.97 Å². The van der Waals surface area contributed by atoms with E-state index in [0.717, 1.165) is 44.8 Å². The molecule has 0 atom stereocenters. The van der Waals surface area contributed by atoms with Gasteiger partial charge in [-0.25, -0.2) is 9.97 Å². The Bertz CT molecular complexity index is 2570. The van der Waals surface area contributed by atoms with Gasteiger partial charge in [0.05, 0.1) is 23.0 Å². The maximum Gasteiger partial charge on any atom is 0.160 e. The summed E-state index contributed by atoms with van der Waals surface area (Å²) in [5.41, 5.74) is 17.1. The lowest BCUT2D eigenvalue weighted by atomic mass is 9.81. The molecule has 0 N–H and O–H groups in total. The third-order valence-electron chi connectivity index (χ3n) is 10.6. The molecule has 8 aromatic rings. The van der Waals surface area contributed by atoms with Crippen molar-refractivity contribution in [2.45, 2.75) is 19.3 Å². The number of hydrogen-bond donors (Lipinski definition) is 0. The van der Waals surface area contributed by atoms with Crippen molar-refractivity contribution in [3.05, 3.63) is 193 Å². The van der Waals surface area contributed by atoms with E-state index >= 15 is 0 Å². The Morgan fingerprint density at radius 3 is 1.47 bits per heavy atom. The van der Waals surface area contributed by atoms with E-state index in [-0.39, 0.29) is 5.41 Å². The van der Waals surface area contributed by atoms with Crippen LogP contribution in [0.2, 0.25) is 0 Å². The van der Waals surface area contributed by atoms with Crippen molar-refractivity contribution in [2.75, 3.05) is 0 Å². The lowest BCUT2D eigenvalue weighted by Gasteiger charge is -2.22. The van der Waals surface area contributed by atoms with Crippen LogP contribution in [0.3, 0.4) is 0 Å². The zero-order valence-corrected chi connectivity index (χ0v) is 29.6. The molecule has 7 aromatic carbocycles. The molecule has 1 aliphatic rings. The van der Waals surface area contributed by atoms with Crippen molar-refractivity contribution in [2.24, 2.45) is 0 Å². The number of aromatic nitrogens is 2. The minimum atomic E-state index is -0.176. The Labute approximate surface area is 310 Å². The number of hydrogen-bond acceptors (Lipinski definition) is 3. The van der Waals surface area contributed by atoms with E-state index < -0.39 is 0 Å². The minimum absolute atomic E-state index is 0.176. The van der Waals surface area contributed by atoms with E-state index in [0.29, 0.717) is 11.4 Å². The van der Waals surface area contributed by atoms with Gasteiger partial charge in [0.1, 0.15) is 0 Å². The van der Waals surface area contributed by atoms with Crippen LogP contribution < -0.4 is 0 Å². The molecule has 0 saturated heterocycles. The second-order valence-corrected chi connectivity index (χ2v) is 14.2. The van der Waals surface area contributed by atoms with Gasteiger partial charge in [-0.2, -0.15) is 5.26 Å². The largest absolute Gasteiger partial charge is 0.228 e. The van der Waals surface area contributed by atoms with Crippen LogP contribution in [-0.2, 0) is 5.41 Å². The van der Waals surface area contributed by atoms with Crippen molar-refractivity contribution >= 4 is 0 Å². The predicted octanol–water partition coefficient (Wildman–Crippen LogP) is 12.7. The SMILES string of the molecule is CC1(C)c2ccc(C#N)cc2-c2ccc(-c3cccc(-c4nc(-c5ccc(-c6ccccc6)cc5)cc(-c5ccc(-c6ccccc6)cc5)n4)c3)cc21. The quantitative estimate of drug-likeness (QED) is 0.176. The summed E-state index contributed by atoms with van der Waals surface area (Å²) in [6.45, 7) is 4.53. The summed E-state index contributed by atoms with van der Waals surface area (Å²) >= 11 is 0. The van der Waals surface area contributed by atoms with E-state index in [1.807, 2.05) is 24.3 Å². The maximum atomic E-state index is 9.57. The first-order valence-electron chi connectivity index (χ1n) is 18.0. The molecule has 250 valence electrons. The summed E-state index contributed by atoms with van der Waals surface area (Å²) in [5.74, 6) is 0.677. The van der Waals surface area contributed by atoms with Crippen LogP contribution in [-0.4, -0.2) is 9.97 Å². The fourth-order valence-electron chi connectivity index (χ4n) is 7.64. The van der Waals surface area contributed by atoms with Crippen LogP contribution in [0.1, 0.15) is 30.5 Å². The zero-order valence-electron chi connectivity index (χ0n) is 29.6. The van der Waals surface area contributed by atoms with E-state index in [2.05, 4.69) is 172 Å². The normalized spacial score (nSPS) is 12.5. The zero-order chi connectivity index (χ0) is 35.9. The van der Waals surface area contributed by atoms with Gasteiger partial charge in [-0.3, -0.25) is 0 Å². The molecule has 0 spiro atoms. The number of nitriles is 1. The molecular formula is C50H35N3. The van der Waals surface area contributed by atoms with Crippen molar-refractivity contribution in [3.63, 3.8) is 0 Å². The fraction of sp³-hybridized carbons (Fsp3) is 0.0600. The molecule has 0 radical (unpaired) electrons. The van der Waals surface area contributed by atoms with Crippen molar-refractivity contribution in [1.29, 1.82) is 5.26 Å². The average Bonchev–Trinajstić information content (AvgIpc) is 3.46. The third kappa shape index (κ3) is 5.91. The Morgan fingerprint density at radius 2 is 0.887 bits per heavy atom. The highest BCUT2D eigenvalue weighted by Gasteiger charge is 2.35. The van der Waals surface area contributed by atoms with Gasteiger partial charge in [0.15, 0.2) is 5.82 Å². The maximum absolute atomic E-state index is 9.57. The topological polar surface area (TPSA) is 49.6 Å². The van der Waals surface area contributed by atoms with Gasteiger partial charge in [-0.15, -0.1) is 0 Å². The Hall–Kier alpha value is -6.89. The minimum Gasteiger partial charge on any atom is -0.228 e. The molecule has 9 rings (SSSR count). The van der Waals surface area contributed by atoms with Gasteiger partial charge in [-0.1, -0.05) is 159 Å². The lowest BCUT2D eigenvalue weighted by Crippen LogP contribution is -2.15. The standard InChI is InChI=1S/C50H35N3/c1-50(2)45-27-16-33(32-51)28-44(45)43-26-25-41(30-46(43)50)40-14-9-15-42(29-40)49-52-47(38-21-17-36(18-22-38)34-10-5-3-6-11-34)31-48(53-49)39-23-19-37(20-24-39)35-12-7-4-8-13-35/h3-31H,1-2H3. The summed E-state index contributed by atoms with van der Waals surface area (Å²) in [6, 6.07) is 63.8. The molecule has 0 amide bonds. The van der Waals surface area contributed by atoms with E-state index in [4.69, 9.17) is 9.97 Å². The summed E-state index contributed by atoms with van der Waals surface area (Å²) < 4.78 is 0. The lowest BCUT2D eigenvalue weighted by molar-refractivity contribution is 0.660. The summed E-state index contributed by atoms with van der Waals surface area (Å²) in [7, 11) is 0. The van der Waals surface area contributed by atoms with Gasteiger partial charge in [0.2, 0.25) is 0 Å². The van der Waals surface area contributed by atoms with Crippen LogP contribution in [0.4, 0.5) is 0 Å².